The third-order valence-corrected chi connectivity index (χ3v) is 6.75. The van der Waals surface area contributed by atoms with E-state index >= 15 is 0 Å². The van der Waals surface area contributed by atoms with Gasteiger partial charge >= 0.3 is 6.03 Å². The molecule has 0 spiro atoms. The fourth-order valence-corrected chi connectivity index (χ4v) is 4.77. The molecule has 1 saturated heterocycles. The second kappa shape index (κ2) is 11.5. The van der Waals surface area contributed by atoms with Crippen LogP contribution in [0.1, 0.15) is 36.0 Å². The molecule has 2 aromatic carbocycles. The topological polar surface area (TPSA) is 126 Å². The minimum absolute atomic E-state index is 0.0981. The molecule has 11 heteroatoms. The summed E-state index contributed by atoms with van der Waals surface area (Å²) in [6.45, 7) is 0.255. The molecule has 1 saturated carbocycles. The molecule has 2 fully saturated rings. The molecule has 1 heterocycles. The van der Waals surface area contributed by atoms with E-state index in [1.165, 1.54) is 48.3 Å². The average Bonchev–Trinajstić information content (AvgIpc) is 3.35. The van der Waals surface area contributed by atoms with Crippen LogP contribution in [-0.4, -0.2) is 73.2 Å². The highest BCUT2D eigenvalue weighted by atomic mass is 19.1. The van der Waals surface area contributed by atoms with Crippen molar-refractivity contribution in [2.24, 2.45) is 5.73 Å². The van der Waals surface area contributed by atoms with Gasteiger partial charge in [-0.2, -0.15) is 0 Å². The van der Waals surface area contributed by atoms with Crippen LogP contribution in [0.25, 0.3) is 0 Å². The molecule has 198 valence electrons. The number of carbonyl (C=O) groups is 3. The fourth-order valence-electron chi connectivity index (χ4n) is 4.77. The first-order valence-corrected chi connectivity index (χ1v) is 12.2. The Hall–Kier alpha value is -3.86. The van der Waals surface area contributed by atoms with Crippen molar-refractivity contribution in [2.45, 2.75) is 43.9 Å². The number of nitrogens with one attached hydrogen (secondary N) is 2. The van der Waals surface area contributed by atoms with E-state index in [0.717, 1.165) is 25.7 Å². The van der Waals surface area contributed by atoms with E-state index in [1.54, 1.807) is 18.2 Å². The van der Waals surface area contributed by atoms with Gasteiger partial charge in [-0.15, -0.1) is 0 Å². The van der Waals surface area contributed by atoms with Crippen LogP contribution in [0.3, 0.4) is 0 Å². The summed E-state index contributed by atoms with van der Waals surface area (Å²) in [5, 5.41) is 5.63. The first-order chi connectivity index (χ1) is 17.8. The molecule has 1 aliphatic heterocycles. The molecular formula is C26H32FN5O5. The molecule has 2 aliphatic rings. The molecule has 10 nitrogen and oxygen atoms in total. The standard InChI is InChI=1S/C26H32FN5O5/c1-36-21-11-6-16(14-22(21)37-2)25(34)31-12-13-32(26(35)30-20-5-3-4-17(27)15-20)24(31)23(33)29-19-9-7-18(28)8-10-19/h3-6,11,14-15,18-19,24H,7-10,12-13,28H2,1-2H3,(H,29,33)(H,30,35). The van der Waals surface area contributed by atoms with E-state index < -0.39 is 29.8 Å². The highest BCUT2D eigenvalue weighted by Gasteiger charge is 2.43. The van der Waals surface area contributed by atoms with Crippen LogP contribution >= 0.6 is 0 Å². The lowest BCUT2D eigenvalue weighted by molar-refractivity contribution is -0.128. The van der Waals surface area contributed by atoms with E-state index in [2.05, 4.69) is 10.6 Å². The van der Waals surface area contributed by atoms with E-state index in [1.807, 2.05) is 0 Å². The van der Waals surface area contributed by atoms with Crippen molar-refractivity contribution in [1.29, 1.82) is 0 Å². The largest absolute Gasteiger partial charge is 0.493 e. The van der Waals surface area contributed by atoms with Gasteiger partial charge in [0.25, 0.3) is 11.8 Å². The van der Waals surface area contributed by atoms with Crippen LogP contribution in [0.5, 0.6) is 11.5 Å². The Kier molecular flexibility index (Phi) is 8.12. The molecule has 37 heavy (non-hydrogen) atoms. The summed E-state index contributed by atoms with van der Waals surface area (Å²) in [5.74, 6) is -0.572. The normalized spacial score (nSPS) is 21.4. The Balaban J connectivity index is 1.58. The zero-order valence-electron chi connectivity index (χ0n) is 20.9. The van der Waals surface area contributed by atoms with Crippen molar-refractivity contribution in [3.05, 3.63) is 53.8 Å². The smallest absolute Gasteiger partial charge is 0.323 e. The van der Waals surface area contributed by atoms with Crippen LogP contribution < -0.4 is 25.8 Å². The summed E-state index contributed by atoms with van der Waals surface area (Å²) < 4.78 is 24.2. The quantitative estimate of drug-likeness (QED) is 0.545. The van der Waals surface area contributed by atoms with Gasteiger partial charge < -0.3 is 30.7 Å². The van der Waals surface area contributed by atoms with Gasteiger partial charge in [0.15, 0.2) is 17.7 Å². The summed E-state index contributed by atoms with van der Waals surface area (Å²) in [4.78, 5) is 42.9. The Morgan fingerprint density at radius 3 is 2.32 bits per heavy atom. The number of urea groups is 1. The minimum atomic E-state index is -1.19. The predicted octanol–water partition coefficient (Wildman–Crippen LogP) is 2.55. The first-order valence-electron chi connectivity index (χ1n) is 12.2. The van der Waals surface area contributed by atoms with Crippen molar-refractivity contribution in [2.75, 3.05) is 32.6 Å². The van der Waals surface area contributed by atoms with Crippen molar-refractivity contribution in [3.63, 3.8) is 0 Å². The number of benzene rings is 2. The number of nitrogens with two attached hydrogens (primary N) is 1. The average molecular weight is 514 g/mol. The van der Waals surface area contributed by atoms with E-state index in [0.29, 0.717) is 11.5 Å². The maximum atomic E-state index is 13.6. The van der Waals surface area contributed by atoms with Crippen molar-refractivity contribution < 1.29 is 28.2 Å². The van der Waals surface area contributed by atoms with Crippen molar-refractivity contribution in [3.8, 4) is 11.5 Å². The summed E-state index contributed by atoms with van der Waals surface area (Å²) in [5.41, 5.74) is 6.52. The predicted molar refractivity (Wildman–Crippen MR) is 135 cm³/mol. The molecule has 4 amide bonds. The van der Waals surface area contributed by atoms with Crippen LogP contribution in [0, 0.1) is 5.82 Å². The number of hydrogen-bond acceptors (Lipinski definition) is 6. The van der Waals surface area contributed by atoms with E-state index in [4.69, 9.17) is 15.2 Å². The number of carbonyl (C=O) groups excluding carboxylic acids is 3. The Morgan fingerprint density at radius 2 is 1.65 bits per heavy atom. The number of amides is 4. The van der Waals surface area contributed by atoms with Crippen LogP contribution in [0.4, 0.5) is 14.9 Å². The molecule has 1 unspecified atom stereocenters. The Labute approximate surface area is 214 Å². The van der Waals surface area contributed by atoms with Gasteiger partial charge in [-0.3, -0.25) is 14.5 Å². The van der Waals surface area contributed by atoms with Gasteiger partial charge in [0, 0.05) is 36.4 Å². The summed E-state index contributed by atoms with van der Waals surface area (Å²) in [7, 11) is 2.96. The maximum absolute atomic E-state index is 13.6. The van der Waals surface area contributed by atoms with Gasteiger partial charge in [-0.25, -0.2) is 9.18 Å². The molecule has 1 atom stereocenters. The number of methoxy groups -OCH3 is 2. The monoisotopic (exact) mass is 513 g/mol. The molecule has 0 aromatic heterocycles. The minimum Gasteiger partial charge on any atom is -0.493 e. The zero-order chi connectivity index (χ0) is 26.5. The van der Waals surface area contributed by atoms with Gasteiger partial charge in [-0.05, 0) is 62.1 Å². The van der Waals surface area contributed by atoms with Crippen LogP contribution in [0.15, 0.2) is 42.5 Å². The van der Waals surface area contributed by atoms with Gasteiger partial charge in [0.2, 0.25) is 0 Å². The van der Waals surface area contributed by atoms with Crippen molar-refractivity contribution in [1.82, 2.24) is 15.1 Å². The fraction of sp³-hybridized carbons (Fsp3) is 0.423. The van der Waals surface area contributed by atoms with Crippen molar-refractivity contribution >= 4 is 23.5 Å². The second-order valence-corrected chi connectivity index (χ2v) is 9.20. The lowest BCUT2D eigenvalue weighted by Crippen LogP contribution is -2.56. The number of ether oxygens (including phenoxy) is 2. The molecule has 1 aliphatic carbocycles. The lowest BCUT2D eigenvalue weighted by Gasteiger charge is -2.32. The third-order valence-electron chi connectivity index (χ3n) is 6.75. The number of anilines is 1. The number of hydrogen-bond donors (Lipinski definition) is 3. The molecular weight excluding hydrogens is 481 g/mol. The van der Waals surface area contributed by atoms with Gasteiger partial charge in [0.1, 0.15) is 5.82 Å². The molecule has 0 radical (unpaired) electrons. The zero-order valence-corrected chi connectivity index (χ0v) is 20.9. The SMILES string of the molecule is COc1ccc(C(=O)N2CCN(C(=O)Nc3cccc(F)c3)C2C(=O)NC2CCC(N)CC2)cc1OC. The molecule has 0 bridgehead atoms. The maximum Gasteiger partial charge on any atom is 0.323 e. The van der Waals surface area contributed by atoms with Gasteiger partial charge in [-0.1, -0.05) is 6.07 Å². The third kappa shape index (κ3) is 5.93. The highest BCUT2D eigenvalue weighted by Crippen LogP contribution is 2.29. The van der Waals surface area contributed by atoms with Crippen LogP contribution in [-0.2, 0) is 4.79 Å². The molecule has 4 rings (SSSR count). The molecule has 2 aromatic rings. The summed E-state index contributed by atoms with van der Waals surface area (Å²) in [6, 6.07) is 9.59. The van der Waals surface area contributed by atoms with Gasteiger partial charge in [0.05, 0.1) is 14.2 Å². The first kappa shape index (κ1) is 26.2. The summed E-state index contributed by atoms with van der Waals surface area (Å²) >= 11 is 0. The Morgan fingerprint density at radius 1 is 0.946 bits per heavy atom. The lowest BCUT2D eigenvalue weighted by atomic mass is 9.92. The number of nitrogens with zero attached hydrogens (tertiary/aromatic N) is 2. The summed E-state index contributed by atoms with van der Waals surface area (Å²) in [6.07, 6.45) is 1.82. The van der Waals surface area contributed by atoms with E-state index in [9.17, 15) is 18.8 Å². The molecule has 4 N–H and O–H groups in total. The highest BCUT2D eigenvalue weighted by molar-refractivity contribution is 6.01. The number of halogens is 1. The van der Waals surface area contributed by atoms with E-state index in [-0.39, 0.29) is 36.4 Å². The number of rotatable bonds is 6. The second-order valence-electron chi connectivity index (χ2n) is 9.20. The Bertz CT molecular complexity index is 1150. The van der Waals surface area contributed by atoms with Crippen LogP contribution in [0.2, 0.25) is 0 Å².